The molecule has 0 amide bonds. The predicted molar refractivity (Wildman–Crippen MR) is 66.0 cm³/mol. The molecule has 3 rings (SSSR count). The van der Waals surface area contributed by atoms with E-state index < -0.39 is 0 Å². The van der Waals surface area contributed by atoms with Gasteiger partial charge in [-0.05, 0) is 42.1 Å². The van der Waals surface area contributed by atoms with Crippen molar-refractivity contribution in [3.05, 3.63) is 40.9 Å². The Bertz CT molecular complexity index is 479. The third kappa shape index (κ3) is 2.45. The highest BCUT2D eigenvalue weighted by molar-refractivity contribution is 7.03. The van der Waals surface area contributed by atoms with E-state index in [0.29, 0.717) is 6.10 Å². The van der Waals surface area contributed by atoms with Crippen molar-refractivity contribution in [2.45, 2.75) is 25.0 Å². The molecule has 88 valence electrons. The van der Waals surface area contributed by atoms with Gasteiger partial charge in [0.1, 0.15) is 5.75 Å². The van der Waals surface area contributed by atoms with Gasteiger partial charge in [-0.2, -0.15) is 0 Å². The van der Waals surface area contributed by atoms with Crippen LogP contribution in [0.25, 0.3) is 0 Å². The van der Waals surface area contributed by atoms with Gasteiger partial charge >= 0.3 is 0 Å². The van der Waals surface area contributed by atoms with Crippen molar-refractivity contribution in [3.8, 4) is 5.75 Å². The molecule has 1 aliphatic carbocycles. The Morgan fingerprint density at radius 3 is 2.65 bits per heavy atom. The van der Waals surface area contributed by atoms with E-state index in [9.17, 15) is 0 Å². The van der Waals surface area contributed by atoms with Gasteiger partial charge in [0.05, 0.1) is 17.8 Å². The smallest absolute Gasteiger partial charge is 0.119 e. The van der Waals surface area contributed by atoms with Crippen LogP contribution in [0.15, 0.2) is 29.6 Å². The number of ether oxygens (including phenoxy) is 1. The monoisotopic (exact) mass is 247 g/mol. The number of hydrogen-bond acceptors (Lipinski definition) is 5. The van der Waals surface area contributed by atoms with Crippen LogP contribution in [0.1, 0.15) is 30.1 Å². The summed E-state index contributed by atoms with van der Waals surface area (Å²) < 4.78 is 9.50. The highest BCUT2D eigenvalue weighted by Gasteiger charge is 2.23. The number of hydrogen-bond donors (Lipinski definition) is 1. The summed E-state index contributed by atoms with van der Waals surface area (Å²) in [5.41, 5.74) is 7.93. The molecule has 1 unspecified atom stereocenters. The maximum Gasteiger partial charge on any atom is 0.119 e. The average molecular weight is 247 g/mol. The summed E-state index contributed by atoms with van der Waals surface area (Å²) in [5.74, 6) is 0.917. The van der Waals surface area contributed by atoms with Crippen LogP contribution in [0.2, 0.25) is 0 Å². The fourth-order valence-corrected chi connectivity index (χ4v) is 2.10. The van der Waals surface area contributed by atoms with Crippen molar-refractivity contribution in [1.82, 2.24) is 9.59 Å². The predicted octanol–water partition coefficient (Wildman–Crippen LogP) is 2.13. The van der Waals surface area contributed by atoms with Gasteiger partial charge in [0.2, 0.25) is 0 Å². The summed E-state index contributed by atoms with van der Waals surface area (Å²) in [6.07, 6.45) is 2.77. The molecular formula is C12H13N3OS. The fraction of sp³-hybridized carbons (Fsp3) is 0.333. The molecule has 0 saturated heterocycles. The molecular weight excluding hydrogens is 234 g/mol. The zero-order valence-electron chi connectivity index (χ0n) is 9.24. The second kappa shape index (κ2) is 4.43. The topological polar surface area (TPSA) is 61.0 Å². The summed E-state index contributed by atoms with van der Waals surface area (Å²) in [6.45, 7) is 0. The largest absolute Gasteiger partial charge is 0.490 e. The van der Waals surface area contributed by atoms with Crippen LogP contribution in [-0.2, 0) is 0 Å². The van der Waals surface area contributed by atoms with Crippen LogP contribution in [-0.4, -0.2) is 15.7 Å². The molecule has 1 aromatic heterocycles. The first-order chi connectivity index (χ1) is 8.33. The lowest BCUT2D eigenvalue weighted by Gasteiger charge is -2.10. The molecule has 4 nitrogen and oxygen atoms in total. The number of rotatable bonds is 4. The van der Waals surface area contributed by atoms with Gasteiger partial charge in [0.25, 0.3) is 0 Å². The number of nitrogens with zero attached hydrogens (tertiary/aromatic N) is 2. The standard InChI is InChI=1S/C12H13N3OS/c13-12(11-7-17-15-14-11)8-1-3-9(4-2-8)16-10-5-6-10/h1-4,7,10,12H,5-6,13H2. The van der Waals surface area contributed by atoms with Gasteiger partial charge in [-0.25, -0.2) is 0 Å². The van der Waals surface area contributed by atoms with E-state index in [4.69, 9.17) is 10.5 Å². The minimum Gasteiger partial charge on any atom is -0.490 e. The first-order valence-corrected chi connectivity index (χ1v) is 6.46. The molecule has 0 bridgehead atoms. The average Bonchev–Trinajstić information content (AvgIpc) is 3.00. The fourth-order valence-electron chi connectivity index (χ4n) is 1.61. The summed E-state index contributed by atoms with van der Waals surface area (Å²) in [4.78, 5) is 0. The van der Waals surface area contributed by atoms with Crippen molar-refractivity contribution in [3.63, 3.8) is 0 Å². The van der Waals surface area contributed by atoms with E-state index in [0.717, 1.165) is 17.0 Å². The molecule has 17 heavy (non-hydrogen) atoms. The zero-order valence-corrected chi connectivity index (χ0v) is 10.1. The van der Waals surface area contributed by atoms with E-state index in [1.165, 1.54) is 24.4 Å². The molecule has 1 atom stereocenters. The van der Waals surface area contributed by atoms with Crippen molar-refractivity contribution < 1.29 is 4.74 Å². The van der Waals surface area contributed by atoms with E-state index in [1.54, 1.807) is 0 Å². The first kappa shape index (κ1) is 10.7. The molecule has 2 aromatic rings. The minimum atomic E-state index is -0.205. The highest BCUT2D eigenvalue weighted by atomic mass is 32.1. The van der Waals surface area contributed by atoms with Crippen LogP contribution in [0.3, 0.4) is 0 Å². The molecule has 0 spiro atoms. The lowest BCUT2D eigenvalue weighted by atomic mass is 10.1. The molecule has 2 N–H and O–H groups in total. The maximum atomic E-state index is 6.09. The summed E-state index contributed by atoms with van der Waals surface area (Å²) in [5, 5.41) is 5.86. The second-order valence-electron chi connectivity index (χ2n) is 4.19. The Morgan fingerprint density at radius 1 is 1.29 bits per heavy atom. The molecule has 1 aliphatic rings. The lowest BCUT2D eigenvalue weighted by molar-refractivity contribution is 0.303. The normalized spacial score (nSPS) is 16.8. The second-order valence-corrected chi connectivity index (χ2v) is 4.80. The zero-order chi connectivity index (χ0) is 11.7. The Labute approximate surface area is 104 Å². The van der Waals surface area contributed by atoms with E-state index >= 15 is 0 Å². The molecule has 1 saturated carbocycles. The summed E-state index contributed by atoms with van der Waals surface area (Å²) in [6, 6.07) is 7.70. The van der Waals surface area contributed by atoms with Crippen molar-refractivity contribution in [2.24, 2.45) is 5.73 Å². The third-order valence-electron chi connectivity index (χ3n) is 2.76. The van der Waals surface area contributed by atoms with Crippen LogP contribution in [0.5, 0.6) is 5.75 Å². The van der Waals surface area contributed by atoms with Crippen LogP contribution in [0.4, 0.5) is 0 Å². The van der Waals surface area contributed by atoms with Crippen molar-refractivity contribution >= 4 is 11.5 Å². The Hall–Kier alpha value is -1.46. The molecule has 0 aliphatic heterocycles. The van der Waals surface area contributed by atoms with Gasteiger partial charge < -0.3 is 10.5 Å². The van der Waals surface area contributed by atoms with E-state index in [2.05, 4.69) is 9.59 Å². The third-order valence-corrected chi connectivity index (χ3v) is 3.28. The molecule has 5 heteroatoms. The van der Waals surface area contributed by atoms with Gasteiger partial charge in [-0.1, -0.05) is 16.6 Å². The SMILES string of the molecule is NC(c1ccc(OC2CC2)cc1)c1csnn1. The number of benzene rings is 1. The summed E-state index contributed by atoms with van der Waals surface area (Å²) in [7, 11) is 0. The van der Waals surface area contributed by atoms with Gasteiger partial charge in [-0.3, -0.25) is 0 Å². The van der Waals surface area contributed by atoms with Crippen LogP contribution in [0, 0.1) is 0 Å². The lowest BCUT2D eigenvalue weighted by Crippen LogP contribution is -2.12. The molecule has 0 radical (unpaired) electrons. The molecule has 1 aromatic carbocycles. The van der Waals surface area contributed by atoms with Gasteiger partial charge in [0.15, 0.2) is 0 Å². The highest BCUT2D eigenvalue weighted by Crippen LogP contribution is 2.28. The van der Waals surface area contributed by atoms with Gasteiger partial charge in [-0.15, -0.1) is 5.10 Å². The number of aromatic nitrogens is 2. The van der Waals surface area contributed by atoms with E-state index in [1.807, 2.05) is 29.6 Å². The molecule has 1 fully saturated rings. The maximum absolute atomic E-state index is 6.09. The Balaban J connectivity index is 1.74. The van der Waals surface area contributed by atoms with Crippen molar-refractivity contribution in [1.29, 1.82) is 0 Å². The van der Waals surface area contributed by atoms with Gasteiger partial charge in [0, 0.05) is 5.38 Å². The number of nitrogens with two attached hydrogens (primary N) is 1. The van der Waals surface area contributed by atoms with E-state index in [-0.39, 0.29) is 6.04 Å². The summed E-state index contributed by atoms with van der Waals surface area (Å²) >= 11 is 1.32. The Morgan fingerprint density at radius 2 is 2.06 bits per heavy atom. The van der Waals surface area contributed by atoms with Crippen LogP contribution >= 0.6 is 11.5 Å². The van der Waals surface area contributed by atoms with Crippen molar-refractivity contribution in [2.75, 3.05) is 0 Å². The minimum absolute atomic E-state index is 0.205. The quantitative estimate of drug-likeness (QED) is 0.899. The first-order valence-electron chi connectivity index (χ1n) is 5.62. The van der Waals surface area contributed by atoms with Crippen LogP contribution < -0.4 is 10.5 Å². The Kier molecular flexibility index (Phi) is 2.78. The molecule has 1 heterocycles.